The van der Waals surface area contributed by atoms with Gasteiger partial charge in [-0.3, -0.25) is 4.79 Å². The van der Waals surface area contributed by atoms with Crippen LogP contribution in [0.15, 0.2) is 36.4 Å². The number of aryl methyl sites for hydroxylation is 2. The van der Waals surface area contributed by atoms with Gasteiger partial charge in [-0.25, -0.2) is 0 Å². The van der Waals surface area contributed by atoms with Crippen molar-refractivity contribution in [3.05, 3.63) is 63.7 Å². The van der Waals surface area contributed by atoms with Crippen LogP contribution < -0.4 is 10.5 Å². The van der Waals surface area contributed by atoms with Crippen molar-refractivity contribution in [2.24, 2.45) is 5.73 Å². The molecule has 5 heteroatoms. The number of carbonyl (C=O) groups excluding carboxylic acids is 1. The Balaban J connectivity index is 2.34. The van der Waals surface area contributed by atoms with E-state index in [9.17, 15) is 9.90 Å². The zero-order valence-corrected chi connectivity index (χ0v) is 14.1. The lowest BCUT2D eigenvalue weighted by Crippen LogP contribution is -2.39. The van der Waals surface area contributed by atoms with Gasteiger partial charge >= 0.3 is 0 Å². The Morgan fingerprint density at radius 3 is 2.61 bits per heavy atom. The maximum atomic E-state index is 11.5. The highest BCUT2D eigenvalue weighted by Gasteiger charge is 2.32. The molecular weight excluding hydrogens is 314 g/mol. The third-order valence-electron chi connectivity index (χ3n) is 3.80. The van der Waals surface area contributed by atoms with Crippen LogP contribution in [0.3, 0.4) is 0 Å². The first-order valence-corrected chi connectivity index (χ1v) is 7.61. The Morgan fingerprint density at radius 2 is 1.96 bits per heavy atom. The number of ether oxygens (including phenoxy) is 1. The van der Waals surface area contributed by atoms with Crippen LogP contribution in [0.1, 0.15) is 29.2 Å². The van der Waals surface area contributed by atoms with Crippen molar-refractivity contribution in [1.29, 1.82) is 0 Å². The molecule has 0 spiro atoms. The minimum Gasteiger partial charge on any atom is -0.489 e. The minimum absolute atomic E-state index is 0.170. The third kappa shape index (κ3) is 3.84. The molecule has 1 unspecified atom stereocenters. The van der Waals surface area contributed by atoms with E-state index in [2.05, 4.69) is 0 Å². The minimum atomic E-state index is -1.79. The van der Waals surface area contributed by atoms with Crippen LogP contribution in [-0.2, 0) is 17.0 Å². The first kappa shape index (κ1) is 17.3. The molecule has 3 N–H and O–H groups in total. The number of rotatable bonds is 5. The number of amides is 1. The molecule has 0 saturated heterocycles. The normalized spacial score (nSPS) is 13.4. The van der Waals surface area contributed by atoms with E-state index < -0.39 is 11.5 Å². The van der Waals surface area contributed by atoms with Gasteiger partial charge in [-0.05, 0) is 61.2 Å². The predicted octanol–water partition coefficient (Wildman–Crippen LogP) is 3.23. The molecule has 0 saturated carbocycles. The van der Waals surface area contributed by atoms with Crippen LogP contribution in [0.25, 0.3) is 0 Å². The number of primary amides is 1. The Labute approximate surface area is 140 Å². The van der Waals surface area contributed by atoms with Crippen molar-refractivity contribution in [3.63, 3.8) is 0 Å². The van der Waals surface area contributed by atoms with Gasteiger partial charge in [0.2, 0.25) is 0 Å². The Kier molecular flexibility index (Phi) is 4.97. The van der Waals surface area contributed by atoms with E-state index >= 15 is 0 Å². The molecule has 0 aliphatic carbocycles. The standard InChI is InChI=1S/C18H20ClNO3/c1-11-4-5-12(2)16(8-11)23-10-13-9-14(19)6-7-15(13)18(3,22)17(20)21/h4-9,22H,10H2,1-3H3,(H2,20,21). The Hall–Kier alpha value is -2.04. The number of hydrogen-bond acceptors (Lipinski definition) is 3. The molecule has 0 aliphatic rings. The fourth-order valence-corrected chi connectivity index (χ4v) is 2.50. The van der Waals surface area contributed by atoms with Gasteiger partial charge in [0.15, 0.2) is 5.60 Å². The van der Waals surface area contributed by atoms with E-state index in [0.29, 0.717) is 16.1 Å². The second-order valence-corrected chi connectivity index (χ2v) is 6.23. The summed E-state index contributed by atoms with van der Waals surface area (Å²) in [5.41, 5.74) is 6.60. The molecule has 2 aromatic rings. The monoisotopic (exact) mass is 333 g/mol. The molecule has 0 radical (unpaired) electrons. The van der Waals surface area contributed by atoms with Gasteiger partial charge in [-0.2, -0.15) is 0 Å². The van der Waals surface area contributed by atoms with Gasteiger partial charge in [-0.15, -0.1) is 0 Å². The van der Waals surface area contributed by atoms with E-state index in [1.807, 2.05) is 32.0 Å². The number of aliphatic hydroxyl groups is 1. The highest BCUT2D eigenvalue weighted by molar-refractivity contribution is 6.30. The molecule has 1 atom stereocenters. The maximum absolute atomic E-state index is 11.5. The van der Waals surface area contributed by atoms with Gasteiger partial charge in [0, 0.05) is 5.02 Å². The summed E-state index contributed by atoms with van der Waals surface area (Å²) in [7, 11) is 0. The van der Waals surface area contributed by atoms with Crippen LogP contribution in [0, 0.1) is 13.8 Å². The lowest BCUT2D eigenvalue weighted by Gasteiger charge is -2.23. The van der Waals surface area contributed by atoms with Crippen LogP contribution in [0.2, 0.25) is 5.02 Å². The average Bonchev–Trinajstić information content (AvgIpc) is 2.47. The van der Waals surface area contributed by atoms with Gasteiger partial charge < -0.3 is 15.6 Å². The molecule has 0 fully saturated rings. The van der Waals surface area contributed by atoms with Crippen LogP contribution >= 0.6 is 11.6 Å². The maximum Gasteiger partial charge on any atom is 0.253 e. The molecule has 122 valence electrons. The molecule has 2 aromatic carbocycles. The number of carbonyl (C=O) groups is 1. The zero-order chi connectivity index (χ0) is 17.2. The van der Waals surface area contributed by atoms with E-state index in [1.165, 1.54) is 6.92 Å². The van der Waals surface area contributed by atoms with Crippen molar-refractivity contribution in [2.75, 3.05) is 0 Å². The molecule has 0 bridgehead atoms. The summed E-state index contributed by atoms with van der Waals surface area (Å²) in [6.45, 7) is 5.46. The number of benzene rings is 2. The first-order valence-electron chi connectivity index (χ1n) is 7.23. The van der Waals surface area contributed by atoms with Crippen molar-refractivity contribution in [2.45, 2.75) is 33.0 Å². The van der Waals surface area contributed by atoms with Crippen LogP contribution in [-0.4, -0.2) is 11.0 Å². The van der Waals surface area contributed by atoms with E-state index in [4.69, 9.17) is 22.1 Å². The summed E-state index contributed by atoms with van der Waals surface area (Å²) < 4.78 is 5.85. The highest BCUT2D eigenvalue weighted by Crippen LogP contribution is 2.28. The SMILES string of the molecule is Cc1ccc(C)c(OCc2cc(Cl)ccc2C(C)(O)C(N)=O)c1. The number of nitrogens with two attached hydrogens (primary N) is 1. The highest BCUT2D eigenvalue weighted by atomic mass is 35.5. The molecule has 2 rings (SSSR count). The largest absolute Gasteiger partial charge is 0.489 e. The smallest absolute Gasteiger partial charge is 0.253 e. The summed E-state index contributed by atoms with van der Waals surface area (Å²) in [4.78, 5) is 11.5. The van der Waals surface area contributed by atoms with Gasteiger partial charge in [-0.1, -0.05) is 29.8 Å². The van der Waals surface area contributed by atoms with Crippen molar-refractivity contribution in [3.8, 4) is 5.75 Å². The molecule has 4 nitrogen and oxygen atoms in total. The lowest BCUT2D eigenvalue weighted by molar-refractivity contribution is -0.135. The second kappa shape index (κ2) is 6.60. The van der Waals surface area contributed by atoms with Crippen molar-refractivity contribution < 1.29 is 14.6 Å². The first-order chi connectivity index (χ1) is 10.7. The van der Waals surface area contributed by atoms with Gasteiger partial charge in [0.05, 0.1) is 0 Å². The molecule has 0 aliphatic heterocycles. The molecular formula is C18H20ClNO3. The quantitative estimate of drug-likeness (QED) is 0.882. The van der Waals surface area contributed by atoms with Crippen LogP contribution in [0.4, 0.5) is 0 Å². The topological polar surface area (TPSA) is 72.6 Å². The van der Waals surface area contributed by atoms with Gasteiger partial charge in [0.1, 0.15) is 12.4 Å². The van der Waals surface area contributed by atoms with E-state index in [-0.39, 0.29) is 6.61 Å². The molecule has 1 amide bonds. The predicted molar refractivity (Wildman–Crippen MR) is 90.5 cm³/mol. The zero-order valence-electron chi connectivity index (χ0n) is 13.4. The summed E-state index contributed by atoms with van der Waals surface area (Å²) in [6, 6.07) is 10.8. The second-order valence-electron chi connectivity index (χ2n) is 5.80. The summed E-state index contributed by atoms with van der Waals surface area (Å²) in [5, 5.41) is 10.9. The van der Waals surface area contributed by atoms with E-state index in [1.54, 1.807) is 18.2 Å². The van der Waals surface area contributed by atoms with Crippen LogP contribution in [0.5, 0.6) is 5.75 Å². The molecule has 0 heterocycles. The summed E-state index contributed by atoms with van der Waals surface area (Å²) in [5.74, 6) is -0.0811. The molecule has 23 heavy (non-hydrogen) atoms. The summed E-state index contributed by atoms with van der Waals surface area (Å²) >= 11 is 6.03. The average molecular weight is 334 g/mol. The molecule has 0 aromatic heterocycles. The van der Waals surface area contributed by atoms with Gasteiger partial charge in [0.25, 0.3) is 5.91 Å². The van der Waals surface area contributed by atoms with Crippen molar-refractivity contribution in [1.82, 2.24) is 0 Å². The Bertz CT molecular complexity index is 741. The fourth-order valence-electron chi connectivity index (χ4n) is 2.31. The van der Waals surface area contributed by atoms with Crippen molar-refractivity contribution >= 4 is 17.5 Å². The third-order valence-corrected chi connectivity index (χ3v) is 4.03. The number of halogens is 1. The number of hydrogen-bond donors (Lipinski definition) is 2. The Morgan fingerprint density at radius 1 is 1.26 bits per heavy atom. The van der Waals surface area contributed by atoms with E-state index in [0.717, 1.165) is 16.9 Å². The lowest BCUT2D eigenvalue weighted by atomic mass is 9.91. The fraction of sp³-hybridized carbons (Fsp3) is 0.278. The summed E-state index contributed by atoms with van der Waals surface area (Å²) in [6.07, 6.45) is 0.